The van der Waals surface area contributed by atoms with Crippen LogP contribution in [0.2, 0.25) is 0 Å². The van der Waals surface area contributed by atoms with Gasteiger partial charge in [-0.15, -0.1) is 0 Å². The Balaban J connectivity index is 1.41. The molecule has 1 heterocycles. The number of benzene rings is 2. The van der Waals surface area contributed by atoms with Gasteiger partial charge in [0.1, 0.15) is 5.75 Å². The number of hydrogen-bond acceptors (Lipinski definition) is 3. The van der Waals surface area contributed by atoms with Crippen LogP contribution in [-0.4, -0.2) is 25.6 Å². The van der Waals surface area contributed by atoms with E-state index in [4.69, 9.17) is 4.74 Å². The van der Waals surface area contributed by atoms with Gasteiger partial charge in [-0.2, -0.15) is 0 Å². The van der Waals surface area contributed by atoms with Gasteiger partial charge in [-0.3, -0.25) is 4.79 Å². The van der Waals surface area contributed by atoms with Crippen molar-refractivity contribution in [2.75, 3.05) is 29.9 Å². The predicted molar refractivity (Wildman–Crippen MR) is 112 cm³/mol. The topological polar surface area (TPSA) is 41.6 Å². The Labute approximate surface area is 162 Å². The molecule has 0 saturated carbocycles. The summed E-state index contributed by atoms with van der Waals surface area (Å²) in [5.41, 5.74) is 3.31. The largest absolute Gasteiger partial charge is 0.494 e. The highest BCUT2D eigenvalue weighted by atomic mass is 16.5. The second-order valence-corrected chi connectivity index (χ2v) is 7.14. The minimum atomic E-state index is 0.0105. The Morgan fingerprint density at radius 3 is 2.63 bits per heavy atom. The third-order valence-electron chi connectivity index (χ3n) is 4.97. The zero-order valence-electron chi connectivity index (χ0n) is 16.2. The Kier molecular flexibility index (Phi) is 7.14. The smallest absolute Gasteiger partial charge is 0.243 e. The molecule has 1 aliphatic heterocycles. The lowest BCUT2D eigenvalue weighted by molar-refractivity contribution is -0.115. The van der Waals surface area contributed by atoms with Gasteiger partial charge >= 0.3 is 0 Å². The van der Waals surface area contributed by atoms with E-state index in [0.29, 0.717) is 6.54 Å². The number of hydrogen-bond donors (Lipinski definition) is 1. The van der Waals surface area contributed by atoms with Gasteiger partial charge in [0, 0.05) is 17.9 Å². The molecule has 144 valence electrons. The molecule has 2 aromatic carbocycles. The van der Waals surface area contributed by atoms with E-state index in [1.54, 1.807) is 0 Å². The van der Waals surface area contributed by atoms with Gasteiger partial charge in [0.15, 0.2) is 0 Å². The zero-order chi connectivity index (χ0) is 18.9. The third-order valence-corrected chi connectivity index (χ3v) is 4.97. The van der Waals surface area contributed by atoms with Gasteiger partial charge in [-0.25, -0.2) is 0 Å². The van der Waals surface area contributed by atoms with Gasteiger partial charge < -0.3 is 15.0 Å². The number of fused-ring (bicyclic) bond motifs is 1. The maximum absolute atomic E-state index is 12.4. The molecule has 4 heteroatoms. The number of nitrogens with zero attached hydrogens (tertiary/aromatic N) is 1. The molecule has 0 aromatic heterocycles. The molecule has 2 aromatic rings. The molecule has 1 N–H and O–H groups in total. The number of ether oxygens (including phenoxy) is 1. The second-order valence-electron chi connectivity index (χ2n) is 7.14. The lowest BCUT2D eigenvalue weighted by atomic mass is 10.2. The summed E-state index contributed by atoms with van der Waals surface area (Å²) in [5.74, 6) is 0.869. The van der Waals surface area contributed by atoms with Crippen LogP contribution in [-0.2, 0) is 11.2 Å². The molecule has 0 unspecified atom stereocenters. The number of carbonyl (C=O) groups excluding carboxylic acids is 1. The van der Waals surface area contributed by atoms with Gasteiger partial charge in [0.25, 0.3) is 0 Å². The summed E-state index contributed by atoms with van der Waals surface area (Å²) in [6, 6.07) is 16.0. The molecule has 27 heavy (non-hydrogen) atoms. The highest BCUT2D eigenvalue weighted by Crippen LogP contribution is 2.27. The van der Waals surface area contributed by atoms with Gasteiger partial charge in [-0.05, 0) is 48.7 Å². The molecule has 3 rings (SSSR count). The monoisotopic (exact) mass is 366 g/mol. The first-order valence-corrected chi connectivity index (χ1v) is 10.1. The first-order valence-electron chi connectivity index (χ1n) is 10.1. The summed E-state index contributed by atoms with van der Waals surface area (Å²) in [5, 5.41) is 2.98. The summed E-state index contributed by atoms with van der Waals surface area (Å²) in [4.78, 5) is 14.5. The number of carbonyl (C=O) groups is 1. The molecule has 1 aliphatic rings. The van der Waals surface area contributed by atoms with Crippen LogP contribution in [0.15, 0.2) is 48.5 Å². The summed E-state index contributed by atoms with van der Waals surface area (Å²) in [7, 11) is 0. The molecule has 4 nitrogen and oxygen atoms in total. The minimum absolute atomic E-state index is 0.0105. The maximum Gasteiger partial charge on any atom is 0.243 e. The van der Waals surface area contributed by atoms with Crippen LogP contribution in [0.3, 0.4) is 0 Å². The average Bonchev–Trinajstić information content (AvgIpc) is 3.09. The quantitative estimate of drug-likeness (QED) is 0.599. The number of anilines is 2. The van der Waals surface area contributed by atoms with Crippen molar-refractivity contribution in [1.82, 2.24) is 0 Å². The molecule has 0 saturated heterocycles. The maximum atomic E-state index is 12.4. The van der Waals surface area contributed by atoms with E-state index >= 15 is 0 Å². The van der Waals surface area contributed by atoms with Crippen molar-refractivity contribution in [2.24, 2.45) is 0 Å². The van der Waals surface area contributed by atoms with E-state index < -0.39 is 0 Å². The van der Waals surface area contributed by atoms with Crippen molar-refractivity contribution < 1.29 is 9.53 Å². The first kappa shape index (κ1) is 19.3. The average molecular weight is 367 g/mol. The normalized spacial score (nSPS) is 12.7. The highest BCUT2D eigenvalue weighted by Gasteiger charge is 2.20. The van der Waals surface area contributed by atoms with E-state index in [1.165, 1.54) is 36.9 Å². The van der Waals surface area contributed by atoms with Gasteiger partial charge in [0.2, 0.25) is 5.91 Å². The number of amides is 1. The van der Waals surface area contributed by atoms with Crippen molar-refractivity contribution in [3.05, 3.63) is 54.1 Å². The number of rotatable bonds is 10. The minimum Gasteiger partial charge on any atom is -0.494 e. The number of para-hydroxylation sites is 1. The van der Waals surface area contributed by atoms with Crippen molar-refractivity contribution in [1.29, 1.82) is 0 Å². The van der Waals surface area contributed by atoms with E-state index in [9.17, 15) is 4.79 Å². The summed E-state index contributed by atoms with van der Waals surface area (Å²) in [6.45, 7) is 4.26. The number of unbranched alkanes of at least 4 members (excludes halogenated alkanes) is 4. The van der Waals surface area contributed by atoms with Gasteiger partial charge in [-0.1, -0.05) is 50.8 Å². The lowest BCUT2D eigenvalue weighted by Crippen LogP contribution is -2.31. The molecule has 0 atom stereocenters. The number of nitrogens with one attached hydrogen (secondary N) is 1. The summed E-state index contributed by atoms with van der Waals surface area (Å²) < 4.78 is 5.77. The van der Waals surface area contributed by atoms with Crippen LogP contribution < -0.4 is 15.0 Å². The van der Waals surface area contributed by atoms with Crippen LogP contribution in [0.1, 0.15) is 44.6 Å². The third kappa shape index (κ3) is 5.75. The lowest BCUT2D eigenvalue weighted by Gasteiger charge is -2.18. The Bertz CT molecular complexity index is 727. The van der Waals surface area contributed by atoms with Crippen molar-refractivity contribution in [2.45, 2.75) is 45.4 Å². The van der Waals surface area contributed by atoms with Crippen molar-refractivity contribution >= 4 is 17.3 Å². The SMILES string of the molecule is CCCCCCCOc1ccc(NC(=O)CN2CCc3ccccc32)cc1. The Morgan fingerprint density at radius 2 is 1.81 bits per heavy atom. The first-order chi connectivity index (χ1) is 13.3. The molecule has 0 bridgehead atoms. The van der Waals surface area contributed by atoms with Crippen LogP contribution in [0.25, 0.3) is 0 Å². The van der Waals surface area contributed by atoms with Crippen molar-refractivity contribution in [3.63, 3.8) is 0 Å². The van der Waals surface area contributed by atoms with Gasteiger partial charge in [0.05, 0.1) is 13.2 Å². The Hall–Kier alpha value is -2.49. The molecule has 0 spiro atoms. The van der Waals surface area contributed by atoms with Crippen LogP contribution in [0, 0.1) is 0 Å². The fourth-order valence-corrected chi connectivity index (χ4v) is 3.47. The molecular weight excluding hydrogens is 336 g/mol. The molecular formula is C23H30N2O2. The van der Waals surface area contributed by atoms with E-state index in [0.717, 1.165) is 37.4 Å². The Morgan fingerprint density at radius 1 is 1.04 bits per heavy atom. The standard InChI is InChI=1S/C23H30N2O2/c1-2-3-4-5-8-17-27-21-13-11-20(12-14-21)24-23(26)18-25-16-15-19-9-6-7-10-22(19)25/h6-7,9-14H,2-5,8,15-18H2,1H3,(H,24,26). The fourth-order valence-electron chi connectivity index (χ4n) is 3.47. The van der Waals surface area contributed by atoms with Crippen LogP contribution in [0.4, 0.5) is 11.4 Å². The van der Waals surface area contributed by atoms with Crippen molar-refractivity contribution in [3.8, 4) is 5.75 Å². The molecule has 0 aliphatic carbocycles. The zero-order valence-corrected chi connectivity index (χ0v) is 16.2. The molecule has 0 radical (unpaired) electrons. The summed E-state index contributed by atoms with van der Waals surface area (Å²) >= 11 is 0. The van der Waals surface area contributed by atoms with E-state index in [1.807, 2.05) is 30.3 Å². The molecule has 0 fully saturated rings. The predicted octanol–water partition coefficient (Wildman–Crippen LogP) is 5.04. The van der Waals surface area contributed by atoms with Crippen LogP contribution >= 0.6 is 0 Å². The van der Waals surface area contributed by atoms with E-state index in [-0.39, 0.29) is 5.91 Å². The highest BCUT2D eigenvalue weighted by molar-refractivity contribution is 5.94. The second kappa shape index (κ2) is 10.0. The van der Waals surface area contributed by atoms with E-state index in [2.05, 4.69) is 35.3 Å². The van der Waals surface area contributed by atoms with Crippen LogP contribution in [0.5, 0.6) is 5.75 Å². The fraction of sp³-hybridized carbons (Fsp3) is 0.435. The molecule has 1 amide bonds. The summed E-state index contributed by atoms with van der Waals surface area (Å²) in [6.07, 6.45) is 7.17.